The van der Waals surface area contributed by atoms with Gasteiger partial charge in [-0.1, -0.05) is 6.07 Å². The molecule has 0 N–H and O–H groups in total. The molecular formula is C9H9ClO3S. The summed E-state index contributed by atoms with van der Waals surface area (Å²) in [6, 6.07) is 4.91. The quantitative estimate of drug-likeness (QED) is 0.695. The molecule has 0 atom stereocenters. The van der Waals surface area contributed by atoms with E-state index < -0.39 is 9.05 Å². The van der Waals surface area contributed by atoms with E-state index in [-0.39, 0.29) is 4.90 Å². The predicted molar refractivity (Wildman–Crippen MR) is 53.3 cm³/mol. The molecule has 0 bridgehead atoms. The Morgan fingerprint density at radius 2 is 2.14 bits per heavy atom. The molecule has 0 aromatic heterocycles. The minimum Gasteiger partial charge on any atom is -0.493 e. The first-order valence-corrected chi connectivity index (χ1v) is 6.59. The van der Waals surface area contributed by atoms with Crippen LogP contribution in [-0.2, 0) is 15.5 Å². The molecule has 1 aromatic rings. The van der Waals surface area contributed by atoms with E-state index in [0.717, 1.165) is 6.42 Å². The van der Waals surface area contributed by atoms with Crippen LogP contribution >= 0.6 is 10.7 Å². The third-order valence-corrected chi connectivity index (χ3v) is 3.59. The highest BCUT2D eigenvalue weighted by molar-refractivity contribution is 8.13. The summed E-state index contributed by atoms with van der Waals surface area (Å²) in [5, 5.41) is 0. The number of ether oxygens (including phenoxy) is 1. The molecule has 0 aliphatic carbocycles. The van der Waals surface area contributed by atoms with Crippen molar-refractivity contribution in [2.24, 2.45) is 0 Å². The maximum Gasteiger partial charge on any atom is 0.261 e. The molecule has 0 saturated carbocycles. The zero-order chi connectivity index (χ0) is 10.2. The molecule has 0 fully saturated rings. The fourth-order valence-corrected chi connectivity index (χ4v) is 2.76. The van der Waals surface area contributed by atoms with Crippen molar-refractivity contribution in [2.75, 3.05) is 6.61 Å². The first-order chi connectivity index (χ1) is 6.59. The lowest BCUT2D eigenvalue weighted by atomic mass is 10.1. The molecule has 0 saturated heterocycles. The molecule has 0 spiro atoms. The smallest absolute Gasteiger partial charge is 0.261 e. The summed E-state index contributed by atoms with van der Waals surface area (Å²) in [6.45, 7) is 0.638. The standard InChI is InChI=1S/C9H9ClO3S/c10-14(11,12)9-5-1-4-8-7(9)3-2-6-13-8/h1,4-5H,2-3,6H2. The minimum absolute atomic E-state index is 0.177. The van der Waals surface area contributed by atoms with Gasteiger partial charge in [-0.05, 0) is 25.0 Å². The number of hydrogen-bond donors (Lipinski definition) is 0. The third kappa shape index (κ3) is 1.72. The SMILES string of the molecule is O=S(=O)(Cl)c1cccc2c1CCCO2. The van der Waals surface area contributed by atoms with E-state index in [4.69, 9.17) is 15.4 Å². The van der Waals surface area contributed by atoms with Gasteiger partial charge in [-0.2, -0.15) is 0 Å². The van der Waals surface area contributed by atoms with E-state index in [2.05, 4.69) is 0 Å². The topological polar surface area (TPSA) is 43.4 Å². The Hall–Kier alpha value is -0.740. The summed E-state index contributed by atoms with van der Waals surface area (Å²) in [5.41, 5.74) is 0.703. The Balaban J connectivity index is 2.62. The summed E-state index contributed by atoms with van der Waals surface area (Å²) < 4.78 is 27.8. The highest BCUT2D eigenvalue weighted by Gasteiger charge is 2.21. The first kappa shape index (κ1) is 9.80. The van der Waals surface area contributed by atoms with Crippen LogP contribution in [0, 0.1) is 0 Å². The fraction of sp³-hybridized carbons (Fsp3) is 0.333. The van der Waals surface area contributed by atoms with Gasteiger partial charge in [0.2, 0.25) is 0 Å². The molecule has 0 radical (unpaired) electrons. The molecule has 1 aromatic carbocycles. The lowest BCUT2D eigenvalue weighted by Gasteiger charge is -2.18. The average Bonchev–Trinajstić information content (AvgIpc) is 2.15. The van der Waals surface area contributed by atoms with Gasteiger partial charge in [-0.25, -0.2) is 8.42 Å². The Morgan fingerprint density at radius 3 is 2.86 bits per heavy atom. The number of benzene rings is 1. The van der Waals surface area contributed by atoms with E-state index in [1.165, 1.54) is 6.07 Å². The van der Waals surface area contributed by atoms with Crippen molar-refractivity contribution in [3.05, 3.63) is 23.8 Å². The van der Waals surface area contributed by atoms with E-state index in [9.17, 15) is 8.42 Å². The Kier molecular flexibility index (Phi) is 2.41. The van der Waals surface area contributed by atoms with Gasteiger partial charge in [-0.3, -0.25) is 0 Å². The summed E-state index contributed by atoms with van der Waals surface area (Å²) in [6.07, 6.45) is 1.54. The Morgan fingerprint density at radius 1 is 1.36 bits per heavy atom. The lowest BCUT2D eigenvalue weighted by molar-refractivity contribution is 0.286. The second-order valence-corrected chi connectivity index (χ2v) is 5.66. The molecular weight excluding hydrogens is 224 g/mol. The van der Waals surface area contributed by atoms with Gasteiger partial charge < -0.3 is 4.74 Å². The number of rotatable bonds is 1. The van der Waals surface area contributed by atoms with E-state index in [1.54, 1.807) is 12.1 Å². The number of halogens is 1. The van der Waals surface area contributed by atoms with Gasteiger partial charge in [-0.15, -0.1) is 0 Å². The summed E-state index contributed by atoms with van der Waals surface area (Å²) in [7, 11) is 1.66. The van der Waals surface area contributed by atoms with Gasteiger partial charge in [0.1, 0.15) is 5.75 Å². The maximum atomic E-state index is 11.2. The summed E-state index contributed by atoms with van der Waals surface area (Å²) >= 11 is 0. The zero-order valence-electron chi connectivity index (χ0n) is 7.36. The average molecular weight is 233 g/mol. The van der Waals surface area contributed by atoms with Crippen molar-refractivity contribution >= 4 is 19.7 Å². The molecule has 1 heterocycles. The normalized spacial score (nSPS) is 15.8. The predicted octanol–water partition coefficient (Wildman–Crippen LogP) is 1.94. The van der Waals surface area contributed by atoms with Crippen LogP contribution in [0.25, 0.3) is 0 Å². The zero-order valence-corrected chi connectivity index (χ0v) is 8.94. The third-order valence-electron chi connectivity index (χ3n) is 2.18. The summed E-state index contributed by atoms with van der Waals surface area (Å²) in [4.78, 5) is 0.177. The van der Waals surface area contributed by atoms with Gasteiger partial charge in [0.25, 0.3) is 9.05 Å². The van der Waals surface area contributed by atoms with Gasteiger partial charge >= 0.3 is 0 Å². The van der Waals surface area contributed by atoms with Crippen LogP contribution in [0.2, 0.25) is 0 Å². The molecule has 14 heavy (non-hydrogen) atoms. The van der Waals surface area contributed by atoms with Crippen molar-refractivity contribution in [2.45, 2.75) is 17.7 Å². The second-order valence-electron chi connectivity index (χ2n) is 3.12. The molecule has 1 aliphatic rings. The monoisotopic (exact) mass is 232 g/mol. The summed E-state index contributed by atoms with van der Waals surface area (Å²) in [5.74, 6) is 0.637. The highest BCUT2D eigenvalue weighted by Crippen LogP contribution is 2.31. The Bertz CT molecular complexity index is 453. The number of fused-ring (bicyclic) bond motifs is 1. The lowest BCUT2D eigenvalue weighted by Crippen LogP contribution is -2.11. The second kappa shape index (κ2) is 3.44. The molecule has 0 amide bonds. The molecule has 0 unspecified atom stereocenters. The Labute approximate surface area is 87.1 Å². The molecule has 76 valence electrons. The van der Waals surface area contributed by atoms with Crippen molar-refractivity contribution in [1.29, 1.82) is 0 Å². The van der Waals surface area contributed by atoms with Crippen molar-refractivity contribution in [1.82, 2.24) is 0 Å². The van der Waals surface area contributed by atoms with Crippen LogP contribution in [0.5, 0.6) is 5.75 Å². The van der Waals surface area contributed by atoms with Crippen LogP contribution in [0.1, 0.15) is 12.0 Å². The van der Waals surface area contributed by atoms with Crippen LogP contribution < -0.4 is 4.74 Å². The number of hydrogen-bond acceptors (Lipinski definition) is 3. The van der Waals surface area contributed by atoms with E-state index in [0.29, 0.717) is 24.3 Å². The van der Waals surface area contributed by atoms with Crippen molar-refractivity contribution in [3.63, 3.8) is 0 Å². The van der Waals surface area contributed by atoms with Gasteiger partial charge in [0.05, 0.1) is 11.5 Å². The van der Waals surface area contributed by atoms with Crippen LogP contribution in [0.4, 0.5) is 0 Å². The largest absolute Gasteiger partial charge is 0.493 e. The van der Waals surface area contributed by atoms with Gasteiger partial charge in [0.15, 0.2) is 0 Å². The first-order valence-electron chi connectivity index (χ1n) is 4.28. The van der Waals surface area contributed by atoms with Crippen LogP contribution in [0.3, 0.4) is 0 Å². The molecule has 3 nitrogen and oxygen atoms in total. The minimum atomic E-state index is -3.65. The maximum absolute atomic E-state index is 11.2. The molecule has 5 heteroatoms. The van der Waals surface area contributed by atoms with Crippen LogP contribution in [0.15, 0.2) is 23.1 Å². The highest BCUT2D eigenvalue weighted by atomic mass is 35.7. The van der Waals surface area contributed by atoms with E-state index >= 15 is 0 Å². The van der Waals surface area contributed by atoms with Gasteiger partial charge in [0, 0.05) is 16.2 Å². The fourth-order valence-electron chi connectivity index (χ4n) is 1.59. The van der Waals surface area contributed by atoms with Crippen molar-refractivity contribution < 1.29 is 13.2 Å². The van der Waals surface area contributed by atoms with Crippen LogP contribution in [-0.4, -0.2) is 15.0 Å². The van der Waals surface area contributed by atoms with E-state index in [1.807, 2.05) is 0 Å². The molecule has 1 aliphatic heterocycles. The molecule has 2 rings (SSSR count). The van der Waals surface area contributed by atoms with Crippen molar-refractivity contribution in [3.8, 4) is 5.75 Å².